The molecule has 2 N–H and O–H groups in total. The van der Waals surface area contributed by atoms with Gasteiger partial charge in [-0.1, -0.05) is 13.8 Å². The van der Waals surface area contributed by atoms with Gasteiger partial charge >= 0.3 is 0 Å². The Morgan fingerprint density at radius 3 is 2.75 bits per heavy atom. The molecule has 2 unspecified atom stereocenters. The van der Waals surface area contributed by atoms with Crippen molar-refractivity contribution in [2.75, 3.05) is 0 Å². The molecule has 0 radical (unpaired) electrons. The van der Waals surface area contributed by atoms with E-state index in [1.54, 1.807) is 0 Å². The first-order valence-corrected chi connectivity index (χ1v) is 7.39. The highest BCUT2D eigenvalue weighted by atomic mass is 16.3. The molecule has 0 saturated carbocycles. The van der Waals surface area contributed by atoms with Gasteiger partial charge in [-0.2, -0.15) is 0 Å². The molecule has 0 aliphatic heterocycles. The maximum Gasteiger partial charge on any atom is 0.126 e. The molecule has 108 valence electrons. The van der Waals surface area contributed by atoms with Gasteiger partial charge in [0.05, 0.1) is 6.04 Å². The molecular weight excluding hydrogens is 248 g/mol. The van der Waals surface area contributed by atoms with Crippen LogP contribution < -0.4 is 5.73 Å². The standard InChI is InChI=1S/C17H24N2O/c1-11-5-6-16(20-11)12(2)19-8-7-13-14(18)9-17(3,4)10-15(13)19/h5-8,12,14H,9-10,18H2,1-4H3. The number of aryl methyl sites for hydroxylation is 1. The van der Waals surface area contributed by atoms with Crippen LogP contribution in [0.3, 0.4) is 0 Å². The third kappa shape index (κ3) is 2.20. The van der Waals surface area contributed by atoms with Crippen molar-refractivity contribution >= 4 is 0 Å². The zero-order chi connectivity index (χ0) is 14.5. The van der Waals surface area contributed by atoms with Crippen LogP contribution >= 0.6 is 0 Å². The predicted molar refractivity (Wildman–Crippen MR) is 80.7 cm³/mol. The van der Waals surface area contributed by atoms with Gasteiger partial charge in [0.2, 0.25) is 0 Å². The average molecular weight is 272 g/mol. The molecule has 0 fully saturated rings. The van der Waals surface area contributed by atoms with Gasteiger partial charge < -0.3 is 14.7 Å². The lowest BCUT2D eigenvalue weighted by molar-refractivity contribution is 0.272. The van der Waals surface area contributed by atoms with Crippen LogP contribution in [0, 0.1) is 12.3 Å². The normalized spacial score (nSPS) is 22.6. The van der Waals surface area contributed by atoms with Crippen LogP contribution in [0.5, 0.6) is 0 Å². The van der Waals surface area contributed by atoms with Crippen LogP contribution in [0.2, 0.25) is 0 Å². The molecule has 3 nitrogen and oxygen atoms in total. The van der Waals surface area contributed by atoms with Crippen LogP contribution in [0.4, 0.5) is 0 Å². The maximum absolute atomic E-state index is 6.34. The number of hydrogen-bond acceptors (Lipinski definition) is 2. The third-order valence-corrected chi connectivity index (χ3v) is 4.47. The summed E-state index contributed by atoms with van der Waals surface area (Å²) in [5, 5.41) is 0. The van der Waals surface area contributed by atoms with E-state index in [1.807, 2.05) is 13.0 Å². The van der Waals surface area contributed by atoms with E-state index in [0.717, 1.165) is 24.4 Å². The number of fused-ring (bicyclic) bond motifs is 1. The molecule has 3 heteroatoms. The van der Waals surface area contributed by atoms with Crippen molar-refractivity contribution in [2.45, 2.75) is 52.6 Å². The van der Waals surface area contributed by atoms with Gasteiger partial charge in [0, 0.05) is 17.9 Å². The first-order valence-electron chi connectivity index (χ1n) is 7.39. The van der Waals surface area contributed by atoms with E-state index in [0.29, 0.717) is 0 Å². The number of nitrogens with zero attached hydrogens (tertiary/aromatic N) is 1. The second-order valence-electron chi connectivity index (χ2n) is 6.90. The van der Waals surface area contributed by atoms with E-state index in [-0.39, 0.29) is 17.5 Å². The van der Waals surface area contributed by atoms with Crippen LogP contribution in [0.25, 0.3) is 0 Å². The fourth-order valence-electron chi connectivity index (χ4n) is 3.44. The van der Waals surface area contributed by atoms with Crippen molar-refractivity contribution in [3.8, 4) is 0 Å². The molecule has 2 aromatic heterocycles. The first kappa shape index (κ1) is 13.5. The van der Waals surface area contributed by atoms with E-state index in [4.69, 9.17) is 10.2 Å². The van der Waals surface area contributed by atoms with Gasteiger partial charge in [-0.25, -0.2) is 0 Å². The van der Waals surface area contributed by atoms with E-state index < -0.39 is 0 Å². The van der Waals surface area contributed by atoms with Crippen molar-refractivity contribution in [3.63, 3.8) is 0 Å². The second-order valence-corrected chi connectivity index (χ2v) is 6.90. The average Bonchev–Trinajstić information content (AvgIpc) is 2.93. The topological polar surface area (TPSA) is 44.1 Å². The summed E-state index contributed by atoms with van der Waals surface area (Å²) in [7, 11) is 0. The minimum atomic E-state index is 0.153. The molecule has 0 amide bonds. The summed E-state index contributed by atoms with van der Waals surface area (Å²) in [6, 6.07) is 6.65. The molecule has 3 rings (SSSR count). The van der Waals surface area contributed by atoms with E-state index >= 15 is 0 Å². The Balaban J connectivity index is 2.00. The Hall–Kier alpha value is -1.48. The Morgan fingerprint density at radius 2 is 2.10 bits per heavy atom. The summed E-state index contributed by atoms with van der Waals surface area (Å²) in [5.74, 6) is 1.97. The summed E-state index contributed by atoms with van der Waals surface area (Å²) < 4.78 is 8.11. The van der Waals surface area contributed by atoms with Crippen molar-refractivity contribution in [1.29, 1.82) is 0 Å². The quantitative estimate of drug-likeness (QED) is 0.899. The molecule has 1 aliphatic rings. The maximum atomic E-state index is 6.34. The largest absolute Gasteiger partial charge is 0.464 e. The minimum absolute atomic E-state index is 0.153. The van der Waals surface area contributed by atoms with E-state index in [1.165, 1.54) is 11.3 Å². The minimum Gasteiger partial charge on any atom is -0.464 e. The van der Waals surface area contributed by atoms with Crippen LogP contribution in [0.1, 0.15) is 62.1 Å². The van der Waals surface area contributed by atoms with Gasteiger partial charge in [0.15, 0.2) is 0 Å². The number of rotatable bonds is 2. The lowest BCUT2D eigenvalue weighted by Gasteiger charge is -2.35. The van der Waals surface area contributed by atoms with Crippen molar-refractivity contribution in [1.82, 2.24) is 4.57 Å². The predicted octanol–water partition coefficient (Wildman–Crippen LogP) is 3.97. The van der Waals surface area contributed by atoms with E-state index in [2.05, 4.69) is 43.7 Å². The second kappa shape index (κ2) is 4.52. The van der Waals surface area contributed by atoms with Gasteiger partial charge in [-0.3, -0.25) is 0 Å². The zero-order valence-corrected chi connectivity index (χ0v) is 12.8. The van der Waals surface area contributed by atoms with E-state index in [9.17, 15) is 0 Å². The molecule has 0 saturated heterocycles. The summed E-state index contributed by atoms with van der Waals surface area (Å²) in [5.41, 5.74) is 9.28. The lowest BCUT2D eigenvalue weighted by Crippen LogP contribution is -2.30. The smallest absolute Gasteiger partial charge is 0.126 e. The Kier molecular flexibility index (Phi) is 3.05. The summed E-state index contributed by atoms with van der Waals surface area (Å²) >= 11 is 0. The fourth-order valence-corrected chi connectivity index (χ4v) is 3.44. The molecular formula is C17H24N2O. The highest BCUT2D eigenvalue weighted by molar-refractivity contribution is 5.31. The van der Waals surface area contributed by atoms with Gasteiger partial charge in [0.1, 0.15) is 11.5 Å². The highest BCUT2D eigenvalue weighted by Gasteiger charge is 2.33. The van der Waals surface area contributed by atoms with Crippen LogP contribution in [-0.4, -0.2) is 4.57 Å². The van der Waals surface area contributed by atoms with Crippen molar-refractivity contribution < 1.29 is 4.42 Å². The molecule has 1 aliphatic carbocycles. The summed E-state index contributed by atoms with van der Waals surface area (Å²) in [6.45, 7) is 8.77. The zero-order valence-electron chi connectivity index (χ0n) is 12.8. The molecule has 0 aromatic carbocycles. The lowest BCUT2D eigenvalue weighted by atomic mass is 9.74. The Labute approximate surface area is 120 Å². The molecule has 2 aromatic rings. The molecule has 20 heavy (non-hydrogen) atoms. The summed E-state index contributed by atoms with van der Waals surface area (Å²) in [4.78, 5) is 0. The molecule has 0 bridgehead atoms. The Morgan fingerprint density at radius 1 is 1.35 bits per heavy atom. The van der Waals surface area contributed by atoms with Crippen molar-refractivity contribution in [3.05, 3.63) is 47.2 Å². The van der Waals surface area contributed by atoms with Crippen molar-refractivity contribution in [2.24, 2.45) is 11.1 Å². The number of hydrogen-bond donors (Lipinski definition) is 1. The van der Waals surface area contributed by atoms with Crippen LogP contribution in [-0.2, 0) is 6.42 Å². The number of furan rings is 1. The van der Waals surface area contributed by atoms with Gasteiger partial charge in [0.25, 0.3) is 0 Å². The first-order chi connectivity index (χ1) is 9.37. The third-order valence-electron chi connectivity index (χ3n) is 4.47. The number of aromatic nitrogens is 1. The Bertz CT molecular complexity index is 621. The monoisotopic (exact) mass is 272 g/mol. The molecule has 0 spiro atoms. The summed E-state index contributed by atoms with van der Waals surface area (Å²) in [6.07, 6.45) is 4.29. The van der Waals surface area contributed by atoms with Crippen LogP contribution in [0.15, 0.2) is 28.8 Å². The molecule has 2 atom stereocenters. The van der Waals surface area contributed by atoms with Gasteiger partial charge in [-0.15, -0.1) is 0 Å². The number of nitrogens with two attached hydrogens (primary N) is 1. The van der Waals surface area contributed by atoms with Gasteiger partial charge in [-0.05, 0) is 55.9 Å². The highest BCUT2D eigenvalue weighted by Crippen LogP contribution is 2.41. The molecule has 2 heterocycles. The SMILES string of the molecule is Cc1ccc(C(C)n2ccc3c2CC(C)(C)CC3N)o1. The fraction of sp³-hybridized carbons (Fsp3) is 0.529.